The van der Waals surface area contributed by atoms with Gasteiger partial charge in [-0.3, -0.25) is 4.79 Å². The van der Waals surface area contributed by atoms with Gasteiger partial charge in [-0.15, -0.1) is 0 Å². The molecule has 0 aliphatic rings. The normalized spacial score (nSPS) is 10.4. The Morgan fingerprint density at radius 1 is 1.42 bits per heavy atom. The second kappa shape index (κ2) is 5.93. The highest BCUT2D eigenvalue weighted by Crippen LogP contribution is 2.25. The zero-order chi connectivity index (χ0) is 13.8. The van der Waals surface area contributed by atoms with Crippen LogP contribution in [0.5, 0.6) is 5.75 Å². The zero-order valence-electron chi connectivity index (χ0n) is 10.5. The molecule has 1 aromatic heterocycles. The van der Waals surface area contributed by atoms with Crippen molar-refractivity contribution in [3.05, 3.63) is 52.4 Å². The molecule has 0 aliphatic heterocycles. The summed E-state index contributed by atoms with van der Waals surface area (Å²) in [5, 5.41) is 9.62. The summed E-state index contributed by atoms with van der Waals surface area (Å²) >= 11 is 3.19. The highest BCUT2D eigenvalue weighted by Gasteiger charge is 2.16. The van der Waals surface area contributed by atoms with Crippen LogP contribution in [-0.2, 0) is 6.54 Å². The summed E-state index contributed by atoms with van der Waals surface area (Å²) in [6.07, 6.45) is 1.58. The third-order valence-corrected chi connectivity index (χ3v) is 3.46. The first-order chi connectivity index (χ1) is 9.11. The van der Waals surface area contributed by atoms with E-state index in [9.17, 15) is 9.90 Å². The Morgan fingerprint density at radius 2 is 2.21 bits per heavy atom. The van der Waals surface area contributed by atoms with Gasteiger partial charge in [0.05, 0.1) is 17.3 Å². The van der Waals surface area contributed by atoms with Crippen LogP contribution in [0.3, 0.4) is 0 Å². The lowest BCUT2D eigenvalue weighted by molar-refractivity contribution is 0.0741. The second-order valence-corrected chi connectivity index (χ2v) is 4.92. The summed E-state index contributed by atoms with van der Waals surface area (Å²) in [6.45, 7) is 2.88. The van der Waals surface area contributed by atoms with Crippen LogP contribution in [0.25, 0.3) is 0 Å². The Kier molecular flexibility index (Phi) is 4.27. The van der Waals surface area contributed by atoms with Crippen LogP contribution in [0.2, 0.25) is 0 Å². The lowest BCUT2D eigenvalue weighted by Gasteiger charge is -2.19. The summed E-state index contributed by atoms with van der Waals surface area (Å²) in [5.74, 6) is 0.651. The number of benzene rings is 1. The van der Waals surface area contributed by atoms with Crippen molar-refractivity contribution < 1.29 is 14.3 Å². The Labute approximate surface area is 119 Å². The second-order valence-electron chi connectivity index (χ2n) is 4.06. The van der Waals surface area contributed by atoms with Crippen molar-refractivity contribution in [3.8, 4) is 5.75 Å². The first kappa shape index (κ1) is 13.7. The van der Waals surface area contributed by atoms with Crippen LogP contribution >= 0.6 is 15.9 Å². The quantitative estimate of drug-likeness (QED) is 0.938. The number of amides is 1. The Hall–Kier alpha value is -1.75. The predicted molar refractivity (Wildman–Crippen MR) is 74.9 cm³/mol. The van der Waals surface area contributed by atoms with Crippen LogP contribution in [0.4, 0.5) is 0 Å². The number of halogens is 1. The molecule has 5 heteroatoms. The maximum atomic E-state index is 12.3. The largest absolute Gasteiger partial charge is 0.507 e. The van der Waals surface area contributed by atoms with Gasteiger partial charge in [-0.1, -0.05) is 0 Å². The van der Waals surface area contributed by atoms with Crippen molar-refractivity contribution in [1.29, 1.82) is 0 Å². The number of carbonyl (C=O) groups is 1. The van der Waals surface area contributed by atoms with E-state index in [-0.39, 0.29) is 11.7 Å². The molecule has 0 fully saturated rings. The fraction of sp³-hybridized carbons (Fsp3) is 0.214. The lowest BCUT2D eigenvalue weighted by Crippen LogP contribution is -2.30. The fourth-order valence-corrected chi connectivity index (χ4v) is 1.99. The number of aromatic hydroxyl groups is 1. The summed E-state index contributed by atoms with van der Waals surface area (Å²) in [6, 6.07) is 8.41. The van der Waals surface area contributed by atoms with Gasteiger partial charge in [-0.2, -0.15) is 0 Å². The SMILES string of the molecule is CCN(Cc1ccco1)C(=O)c1ccc(Br)c(O)c1. The molecule has 0 radical (unpaired) electrons. The molecule has 2 rings (SSSR count). The van der Waals surface area contributed by atoms with Gasteiger partial charge in [-0.25, -0.2) is 0 Å². The molecule has 0 aliphatic carbocycles. The summed E-state index contributed by atoms with van der Waals surface area (Å²) in [7, 11) is 0. The number of phenols is 1. The standard InChI is InChI=1S/C14H14BrNO3/c1-2-16(9-11-4-3-7-19-11)14(18)10-5-6-12(15)13(17)8-10/h3-8,17H,2,9H2,1H3. The first-order valence-electron chi connectivity index (χ1n) is 5.92. The number of phenolic OH excluding ortho intramolecular Hbond substituents is 1. The molecule has 0 saturated carbocycles. The van der Waals surface area contributed by atoms with Gasteiger partial charge in [0, 0.05) is 12.1 Å². The molecule has 100 valence electrons. The minimum absolute atomic E-state index is 0.0555. The summed E-state index contributed by atoms with van der Waals surface area (Å²) < 4.78 is 5.81. The fourth-order valence-electron chi connectivity index (χ4n) is 1.75. The molecule has 1 amide bonds. The molecule has 1 aromatic carbocycles. The summed E-state index contributed by atoms with van der Waals surface area (Å²) in [5.41, 5.74) is 0.453. The van der Waals surface area contributed by atoms with Gasteiger partial charge in [-0.05, 0) is 53.2 Å². The van der Waals surface area contributed by atoms with E-state index in [1.54, 1.807) is 29.4 Å². The van der Waals surface area contributed by atoms with Crippen molar-refractivity contribution in [2.75, 3.05) is 6.54 Å². The van der Waals surface area contributed by atoms with E-state index in [1.165, 1.54) is 6.07 Å². The van der Waals surface area contributed by atoms with Crippen LogP contribution in [0.1, 0.15) is 23.0 Å². The van der Waals surface area contributed by atoms with E-state index in [0.717, 1.165) is 5.76 Å². The van der Waals surface area contributed by atoms with Crippen molar-refractivity contribution in [1.82, 2.24) is 4.90 Å². The van der Waals surface area contributed by atoms with Crippen molar-refractivity contribution in [2.45, 2.75) is 13.5 Å². The maximum absolute atomic E-state index is 12.3. The molecule has 0 bridgehead atoms. The molecule has 0 unspecified atom stereocenters. The van der Waals surface area contributed by atoms with Crippen LogP contribution < -0.4 is 0 Å². The van der Waals surface area contributed by atoms with Gasteiger partial charge in [0.2, 0.25) is 0 Å². The van der Waals surface area contributed by atoms with Gasteiger partial charge in [0.1, 0.15) is 11.5 Å². The number of hydrogen-bond donors (Lipinski definition) is 1. The van der Waals surface area contributed by atoms with E-state index in [0.29, 0.717) is 23.1 Å². The molecule has 0 atom stereocenters. The van der Waals surface area contributed by atoms with E-state index >= 15 is 0 Å². The molecule has 2 aromatic rings. The van der Waals surface area contributed by atoms with Crippen LogP contribution in [0.15, 0.2) is 45.5 Å². The average molecular weight is 324 g/mol. The molecular formula is C14H14BrNO3. The number of nitrogens with zero attached hydrogens (tertiary/aromatic N) is 1. The highest BCUT2D eigenvalue weighted by atomic mass is 79.9. The number of carbonyl (C=O) groups excluding carboxylic acids is 1. The highest BCUT2D eigenvalue weighted by molar-refractivity contribution is 9.10. The van der Waals surface area contributed by atoms with Gasteiger partial charge >= 0.3 is 0 Å². The van der Waals surface area contributed by atoms with E-state index in [2.05, 4.69) is 15.9 Å². The minimum atomic E-state index is -0.137. The van der Waals surface area contributed by atoms with Gasteiger partial charge < -0.3 is 14.4 Å². The molecular weight excluding hydrogens is 310 g/mol. The van der Waals surface area contributed by atoms with Crippen molar-refractivity contribution in [2.24, 2.45) is 0 Å². The Bertz CT molecular complexity index is 566. The smallest absolute Gasteiger partial charge is 0.254 e. The predicted octanol–water partition coefficient (Wildman–Crippen LogP) is 3.41. The maximum Gasteiger partial charge on any atom is 0.254 e. The topological polar surface area (TPSA) is 53.7 Å². The Balaban J connectivity index is 2.18. The third-order valence-electron chi connectivity index (χ3n) is 2.79. The molecule has 1 heterocycles. The Morgan fingerprint density at radius 3 is 2.79 bits per heavy atom. The van der Waals surface area contributed by atoms with Crippen molar-refractivity contribution in [3.63, 3.8) is 0 Å². The molecule has 19 heavy (non-hydrogen) atoms. The third kappa shape index (κ3) is 3.17. The van der Waals surface area contributed by atoms with E-state index < -0.39 is 0 Å². The first-order valence-corrected chi connectivity index (χ1v) is 6.71. The van der Waals surface area contributed by atoms with Crippen LogP contribution in [0, 0.1) is 0 Å². The zero-order valence-corrected chi connectivity index (χ0v) is 12.1. The number of furan rings is 1. The molecule has 4 nitrogen and oxygen atoms in total. The van der Waals surface area contributed by atoms with E-state index in [4.69, 9.17) is 4.42 Å². The average Bonchev–Trinajstić information content (AvgIpc) is 2.91. The number of rotatable bonds is 4. The summed E-state index contributed by atoms with van der Waals surface area (Å²) in [4.78, 5) is 14.0. The van der Waals surface area contributed by atoms with Gasteiger partial charge in [0.25, 0.3) is 5.91 Å². The lowest BCUT2D eigenvalue weighted by atomic mass is 10.2. The van der Waals surface area contributed by atoms with Gasteiger partial charge in [0.15, 0.2) is 0 Å². The monoisotopic (exact) mass is 323 g/mol. The number of hydrogen-bond acceptors (Lipinski definition) is 3. The molecule has 1 N–H and O–H groups in total. The van der Waals surface area contributed by atoms with Crippen LogP contribution in [-0.4, -0.2) is 22.5 Å². The molecule has 0 saturated heterocycles. The minimum Gasteiger partial charge on any atom is -0.507 e. The van der Waals surface area contributed by atoms with E-state index in [1.807, 2.05) is 13.0 Å². The molecule has 0 spiro atoms. The van der Waals surface area contributed by atoms with Crippen molar-refractivity contribution >= 4 is 21.8 Å².